The highest BCUT2D eigenvalue weighted by molar-refractivity contribution is 5.62. The summed E-state index contributed by atoms with van der Waals surface area (Å²) in [5, 5.41) is 2.91. The van der Waals surface area contributed by atoms with Gasteiger partial charge in [-0.2, -0.15) is 0 Å². The summed E-state index contributed by atoms with van der Waals surface area (Å²) in [4.78, 5) is 11.8. The molecule has 3 aliphatic carbocycles. The lowest BCUT2D eigenvalue weighted by molar-refractivity contribution is 0.483. The van der Waals surface area contributed by atoms with Crippen molar-refractivity contribution in [3.8, 4) is 0 Å². The van der Waals surface area contributed by atoms with E-state index in [1.54, 1.807) is 0 Å². The SMILES string of the molecule is Cn1[nH]c(=O)c2c1[C@@]1(C)C(C)(C)C13C[C@H]23. The Bertz CT molecular complexity index is 565. The fourth-order valence-electron chi connectivity index (χ4n) is 5.08. The number of nitrogens with one attached hydrogen (secondary N) is 1. The molecule has 0 aromatic carbocycles. The van der Waals surface area contributed by atoms with Crippen LogP contribution in [0.2, 0.25) is 0 Å². The summed E-state index contributed by atoms with van der Waals surface area (Å²) in [7, 11) is 1.97. The van der Waals surface area contributed by atoms with Crippen LogP contribution >= 0.6 is 0 Å². The van der Waals surface area contributed by atoms with Gasteiger partial charge in [-0.1, -0.05) is 20.8 Å². The Hall–Kier alpha value is -0.990. The van der Waals surface area contributed by atoms with Crippen molar-refractivity contribution in [2.24, 2.45) is 17.9 Å². The topological polar surface area (TPSA) is 37.8 Å². The molecule has 1 N–H and O–H groups in total. The predicted molar refractivity (Wildman–Crippen MR) is 57.0 cm³/mol. The lowest BCUT2D eigenvalue weighted by Crippen LogP contribution is -2.15. The molecule has 1 aromatic rings. The molecule has 0 saturated heterocycles. The average molecular weight is 204 g/mol. The van der Waals surface area contributed by atoms with E-state index in [1.807, 2.05) is 11.7 Å². The molecule has 15 heavy (non-hydrogen) atoms. The van der Waals surface area contributed by atoms with Crippen LogP contribution in [-0.4, -0.2) is 9.78 Å². The molecule has 0 amide bonds. The lowest BCUT2D eigenvalue weighted by atomic mass is 9.91. The number of H-pyrrole nitrogens is 1. The Kier molecular flexibility index (Phi) is 0.886. The highest BCUT2D eigenvalue weighted by atomic mass is 16.1. The number of aryl methyl sites for hydroxylation is 1. The molecule has 1 heterocycles. The van der Waals surface area contributed by atoms with Crippen LogP contribution in [0, 0.1) is 10.8 Å². The molecule has 3 nitrogen and oxygen atoms in total. The Morgan fingerprint density at radius 3 is 2.73 bits per heavy atom. The summed E-state index contributed by atoms with van der Waals surface area (Å²) in [5.74, 6) is 0.553. The molecule has 3 heteroatoms. The molecule has 1 spiro atoms. The first-order valence-corrected chi connectivity index (χ1v) is 5.69. The molecule has 3 atom stereocenters. The van der Waals surface area contributed by atoms with Gasteiger partial charge in [-0.05, 0) is 23.2 Å². The minimum atomic E-state index is 0.151. The average Bonchev–Trinajstić information content (AvgIpc) is 2.86. The zero-order valence-electron chi connectivity index (χ0n) is 9.64. The third kappa shape index (κ3) is 0.453. The fraction of sp³-hybridized carbons (Fsp3) is 0.750. The molecule has 3 aliphatic rings. The van der Waals surface area contributed by atoms with Gasteiger partial charge in [0, 0.05) is 18.0 Å². The largest absolute Gasteiger partial charge is 0.291 e. The molecule has 4 rings (SSSR count). The Balaban J connectivity index is 2.12. The van der Waals surface area contributed by atoms with Crippen LogP contribution in [0.4, 0.5) is 0 Å². The van der Waals surface area contributed by atoms with Crippen molar-refractivity contribution in [1.29, 1.82) is 0 Å². The maximum Gasteiger partial charge on any atom is 0.267 e. The first-order chi connectivity index (χ1) is 6.89. The molecule has 2 fully saturated rings. The van der Waals surface area contributed by atoms with E-state index in [2.05, 4.69) is 25.9 Å². The van der Waals surface area contributed by atoms with E-state index in [4.69, 9.17) is 0 Å². The van der Waals surface area contributed by atoms with E-state index in [9.17, 15) is 4.79 Å². The zero-order valence-corrected chi connectivity index (χ0v) is 9.64. The Labute approximate surface area is 88.5 Å². The first-order valence-electron chi connectivity index (χ1n) is 5.69. The van der Waals surface area contributed by atoms with Crippen molar-refractivity contribution >= 4 is 0 Å². The molecule has 1 aromatic heterocycles. The summed E-state index contributed by atoms with van der Waals surface area (Å²) >= 11 is 0. The standard InChI is InChI=1S/C12H16N2O/c1-10(2)11(3)8-7(6-5-12(6,10)11)9(15)13-14(8)4/h6H,5H2,1-4H3,(H,13,15)/t6-,11+,12?/m1/s1. The molecule has 0 radical (unpaired) electrons. The number of aromatic nitrogens is 2. The van der Waals surface area contributed by atoms with Crippen molar-refractivity contribution < 1.29 is 0 Å². The van der Waals surface area contributed by atoms with Crippen molar-refractivity contribution in [3.63, 3.8) is 0 Å². The minimum Gasteiger partial charge on any atom is -0.291 e. The second kappa shape index (κ2) is 1.62. The molecule has 1 unspecified atom stereocenters. The molecule has 80 valence electrons. The number of fused-ring (bicyclic) bond motifs is 3. The molecular weight excluding hydrogens is 188 g/mol. The monoisotopic (exact) mass is 204 g/mol. The highest BCUT2D eigenvalue weighted by Crippen LogP contribution is 2.97. The smallest absolute Gasteiger partial charge is 0.267 e. The maximum absolute atomic E-state index is 11.8. The Morgan fingerprint density at radius 2 is 2.07 bits per heavy atom. The summed E-state index contributed by atoms with van der Waals surface area (Å²) < 4.78 is 1.96. The van der Waals surface area contributed by atoms with E-state index in [1.165, 1.54) is 12.1 Å². The van der Waals surface area contributed by atoms with Gasteiger partial charge < -0.3 is 0 Å². The highest BCUT2D eigenvalue weighted by Gasteiger charge is 2.94. The van der Waals surface area contributed by atoms with Crippen LogP contribution in [0.3, 0.4) is 0 Å². The van der Waals surface area contributed by atoms with E-state index >= 15 is 0 Å². The lowest BCUT2D eigenvalue weighted by Gasteiger charge is -2.16. The normalized spacial score (nSPS) is 47.1. The van der Waals surface area contributed by atoms with Crippen LogP contribution in [0.15, 0.2) is 4.79 Å². The van der Waals surface area contributed by atoms with E-state index in [0.717, 1.165) is 5.56 Å². The number of nitrogens with zero attached hydrogens (tertiary/aromatic N) is 1. The predicted octanol–water partition coefficient (Wildman–Crippen LogP) is 1.50. The van der Waals surface area contributed by atoms with Gasteiger partial charge in [0.2, 0.25) is 0 Å². The van der Waals surface area contributed by atoms with Crippen LogP contribution in [0.25, 0.3) is 0 Å². The van der Waals surface area contributed by atoms with Gasteiger partial charge >= 0.3 is 0 Å². The van der Waals surface area contributed by atoms with Crippen LogP contribution in [-0.2, 0) is 12.5 Å². The maximum atomic E-state index is 11.8. The van der Waals surface area contributed by atoms with Crippen molar-refractivity contribution in [2.45, 2.75) is 38.5 Å². The third-order valence-electron chi connectivity index (χ3n) is 6.08. The second-order valence-corrected chi connectivity index (χ2v) is 6.24. The quantitative estimate of drug-likeness (QED) is 0.683. The van der Waals surface area contributed by atoms with Gasteiger partial charge in [-0.3, -0.25) is 14.6 Å². The van der Waals surface area contributed by atoms with Gasteiger partial charge in [-0.25, -0.2) is 0 Å². The number of hydrogen-bond donors (Lipinski definition) is 1. The van der Waals surface area contributed by atoms with Crippen LogP contribution in [0.1, 0.15) is 44.4 Å². The van der Waals surface area contributed by atoms with Gasteiger partial charge in [-0.15, -0.1) is 0 Å². The van der Waals surface area contributed by atoms with Gasteiger partial charge in [0.1, 0.15) is 0 Å². The molecule has 0 aliphatic heterocycles. The van der Waals surface area contributed by atoms with E-state index in [-0.39, 0.29) is 11.0 Å². The van der Waals surface area contributed by atoms with E-state index < -0.39 is 0 Å². The van der Waals surface area contributed by atoms with Crippen molar-refractivity contribution in [3.05, 3.63) is 21.6 Å². The van der Waals surface area contributed by atoms with Crippen molar-refractivity contribution in [2.75, 3.05) is 0 Å². The number of hydrogen-bond acceptors (Lipinski definition) is 1. The van der Waals surface area contributed by atoms with Gasteiger partial charge in [0.25, 0.3) is 5.56 Å². The molecule has 0 bridgehead atoms. The van der Waals surface area contributed by atoms with Gasteiger partial charge in [0.15, 0.2) is 0 Å². The summed E-state index contributed by atoms with van der Waals surface area (Å²) in [6, 6.07) is 0. The number of rotatable bonds is 0. The molecule has 2 saturated carbocycles. The summed E-state index contributed by atoms with van der Waals surface area (Å²) in [6.07, 6.45) is 1.23. The number of aromatic amines is 1. The summed E-state index contributed by atoms with van der Waals surface area (Å²) in [5.41, 5.74) is 3.60. The first kappa shape index (κ1) is 8.20. The fourth-order valence-corrected chi connectivity index (χ4v) is 5.08. The molecular formula is C12H16N2O. The Morgan fingerprint density at radius 1 is 1.40 bits per heavy atom. The second-order valence-electron chi connectivity index (χ2n) is 6.24. The van der Waals surface area contributed by atoms with Crippen LogP contribution in [0.5, 0.6) is 0 Å². The summed E-state index contributed by atoms with van der Waals surface area (Å²) in [6.45, 7) is 7.05. The minimum absolute atomic E-state index is 0.151. The zero-order chi connectivity index (χ0) is 10.8. The van der Waals surface area contributed by atoms with Crippen LogP contribution < -0.4 is 5.56 Å². The third-order valence-corrected chi connectivity index (χ3v) is 6.08. The van der Waals surface area contributed by atoms with E-state index in [0.29, 0.717) is 16.7 Å². The van der Waals surface area contributed by atoms with Crippen molar-refractivity contribution in [1.82, 2.24) is 9.78 Å². The van der Waals surface area contributed by atoms with Gasteiger partial charge in [0.05, 0.1) is 5.69 Å².